The highest BCUT2D eigenvalue weighted by Gasteiger charge is 2.73. The highest BCUT2D eigenvalue weighted by atomic mass is 16.4. The van der Waals surface area contributed by atoms with E-state index in [0.29, 0.717) is 51.4 Å². The lowest BCUT2D eigenvalue weighted by atomic mass is 9.33. The van der Waals surface area contributed by atoms with E-state index in [2.05, 4.69) is 26.8 Å². The number of fused-ring (bicyclic) bond motifs is 7. The van der Waals surface area contributed by atoms with Gasteiger partial charge in [-0.1, -0.05) is 39.3 Å². The third-order valence-electron chi connectivity index (χ3n) is 13.1. The second-order valence-electron chi connectivity index (χ2n) is 14.4. The number of ketones is 1. The van der Waals surface area contributed by atoms with Crippen LogP contribution in [0, 0.1) is 50.7 Å². The maximum atomic E-state index is 14.0. The molecule has 36 heavy (non-hydrogen) atoms. The van der Waals surface area contributed by atoms with Gasteiger partial charge in [0.1, 0.15) is 12.1 Å². The zero-order valence-electron chi connectivity index (χ0n) is 22.8. The van der Waals surface area contributed by atoms with Crippen molar-refractivity contribution in [1.29, 1.82) is 0 Å². The summed E-state index contributed by atoms with van der Waals surface area (Å²) in [5, 5.41) is 33.2. The fraction of sp³-hybridized carbons (Fsp3) is 0.833. The van der Waals surface area contributed by atoms with Crippen molar-refractivity contribution in [3.05, 3.63) is 11.6 Å². The van der Waals surface area contributed by atoms with Gasteiger partial charge in [-0.15, -0.1) is 0 Å². The van der Waals surface area contributed by atoms with Crippen LogP contribution < -0.4 is 0 Å². The Bertz CT molecular complexity index is 1050. The Morgan fingerprint density at radius 1 is 1.03 bits per heavy atom. The molecule has 0 aromatic rings. The first-order valence-corrected chi connectivity index (χ1v) is 13.9. The minimum absolute atomic E-state index is 0.0215. The lowest BCUT2D eigenvalue weighted by molar-refractivity contribution is -0.213. The molecule has 0 spiro atoms. The number of aldehydes is 1. The molecular weight excluding hydrogens is 456 g/mol. The number of hydrogen-bond donors (Lipinski definition) is 3. The molecule has 0 bridgehead atoms. The Morgan fingerprint density at radius 3 is 2.31 bits per heavy atom. The van der Waals surface area contributed by atoms with Crippen LogP contribution >= 0.6 is 0 Å². The summed E-state index contributed by atoms with van der Waals surface area (Å²) >= 11 is 0. The summed E-state index contributed by atoms with van der Waals surface area (Å²) < 4.78 is 0. The van der Waals surface area contributed by atoms with Crippen molar-refractivity contribution in [1.82, 2.24) is 0 Å². The zero-order chi connectivity index (χ0) is 26.7. The fourth-order valence-corrected chi connectivity index (χ4v) is 10.6. The van der Waals surface area contributed by atoms with Crippen LogP contribution in [-0.2, 0) is 14.4 Å². The summed E-state index contributed by atoms with van der Waals surface area (Å²) in [5.41, 5.74) is -3.48. The number of rotatable bonds is 2. The highest BCUT2D eigenvalue weighted by molar-refractivity contribution is 5.88. The van der Waals surface area contributed by atoms with Crippen LogP contribution in [0.3, 0.4) is 0 Å². The largest absolute Gasteiger partial charge is 0.481 e. The van der Waals surface area contributed by atoms with Gasteiger partial charge < -0.3 is 20.1 Å². The standard InChI is InChI=1S/C30H44O6/c1-17-9-12-30(24(34)35)14-13-27(4)18(22(30)29(17,6)36)7-8-20-25(2)11-10-21(33)26(3,16-31)23(25)19(32)15-28(20,27)5/h7,16-17,20-23,33,36H,8-15H2,1-6H3,(H,34,35)/t17-,20-,21+,22-,23-,25-,26-,27-,28-,29-,30+/m1/s1. The van der Waals surface area contributed by atoms with Gasteiger partial charge in [0.25, 0.3) is 0 Å². The third kappa shape index (κ3) is 2.78. The van der Waals surface area contributed by atoms with Gasteiger partial charge in [0.15, 0.2) is 0 Å². The van der Waals surface area contributed by atoms with Crippen LogP contribution in [0.25, 0.3) is 0 Å². The van der Waals surface area contributed by atoms with Gasteiger partial charge in [-0.3, -0.25) is 9.59 Å². The van der Waals surface area contributed by atoms with E-state index in [-0.39, 0.29) is 17.6 Å². The average molecular weight is 501 g/mol. The lowest BCUT2D eigenvalue weighted by Crippen LogP contribution is -2.69. The average Bonchev–Trinajstić information content (AvgIpc) is 2.79. The van der Waals surface area contributed by atoms with E-state index in [1.807, 2.05) is 13.8 Å². The molecule has 6 heteroatoms. The number of hydrogen-bond acceptors (Lipinski definition) is 5. The monoisotopic (exact) mass is 500 g/mol. The van der Waals surface area contributed by atoms with Gasteiger partial charge in [0.05, 0.1) is 22.5 Å². The van der Waals surface area contributed by atoms with E-state index in [4.69, 9.17) is 0 Å². The smallest absolute Gasteiger partial charge is 0.310 e. The lowest BCUT2D eigenvalue weighted by Gasteiger charge is -2.70. The van der Waals surface area contributed by atoms with Gasteiger partial charge in [0, 0.05) is 18.3 Å². The fourth-order valence-electron chi connectivity index (χ4n) is 10.6. The van der Waals surface area contributed by atoms with E-state index in [1.165, 1.54) is 0 Å². The van der Waals surface area contributed by atoms with Crippen molar-refractivity contribution in [3.63, 3.8) is 0 Å². The first-order valence-electron chi connectivity index (χ1n) is 13.9. The Kier molecular flexibility index (Phi) is 5.46. The normalized spacial score (nSPS) is 56.4. The quantitative estimate of drug-likeness (QED) is 0.378. The predicted octanol–water partition coefficient (Wildman–Crippen LogP) is 4.56. The summed E-state index contributed by atoms with van der Waals surface area (Å²) in [4.78, 5) is 39.2. The Labute approximate surface area is 214 Å². The topological polar surface area (TPSA) is 112 Å². The van der Waals surface area contributed by atoms with Crippen molar-refractivity contribution >= 4 is 18.0 Å². The van der Waals surface area contributed by atoms with E-state index in [9.17, 15) is 29.7 Å². The SMILES string of the molecule is C[C@@H]1CC[C@]2(C(=O)O)CC[C@]3(C)C(=CC[C@@H]4[C@@]5(C)CC[C@H](O)[C@@](C)(C=O)[C@@H]5C(=O)C[C@]43C)[C@@H]2[C@]1(C)O. The number of Topliss-reactive ketones (excluding diaryl/α,β-unsaturated/α-hetero) is 1. The number of aliphatic hydroxyl groups excluding tert-OH is 1. The molecule has 11 atom stereocenters. The predicted molar refractivity (Wildman–Crippen MR) is 135 cm³/mol. The maximum Gasteiger partial charge on any atom is 0.310 e. The molecule has 4 fully saturated rings. The molecule has 0 amide bonds. The number of allylic oxidation sites excluding steroid dienone is 1. The Hall–Kier alpha value is -1.53. The van der Waals surface area contributed by atoms with E-state index in [1.54, 1.807) is 6.92 Å². The molecule has 0 heterocycles. The van der Waals surface area contributed by atoms with Crippen molar-refractivity contribution in [3.8, 4) is 0 Å². The molecule has 200 valence electrons. The number of carbonyl (C=O) groups excluding carboxylic acids is 2. The first kappa shape index (κ1) is 26.1. The first-order chi connectivity index (χ1) is 16.6. The molecule has 5 aliphatic rings. The number of carboxylic acid groups (broad SMARTS) is 1. The third-order valence-corrected chi connectivity index (χ3v) is 13.1. The van der Waals surface area contributed by atoms with Crippen molar-refractivity contribution < 1.29 is 29.7 Å². The van der Waals surface area contributed by atoms with Crippen molar-refractivity contribution in [2.45, 2.75) is 105 Å². The molecule has 0 unspecified atom stereocenters. The van der Waals surface area contributed by atoms with Crippen molar-refractivity contribution in [2.75, 3.05) is 0 Å². The maximum absolute atomic E-state index is 14.0. The minimum atomic E-state index is -1.15. The molecule has 6 nitrogen and oxygen atoms in total. The summed E-state index contributed by atoms with van der Waals surface area (Å²) in [5.74, 6) is -1.68. The van der Waals surface area contributed by atoms with Gasteiger partial charge >= 0.3 is 5.97 Å². The molecule has 0 aliphatic heterocycles. The van der Waals surface area contributed by atoms with Gasteiger partial charge in [-0.25, -0.2) is 0 Å². The van der Waals surface area contributed by atoms with E-state index < -0.39 is 56.6 Å². The van der Waals surface area contributed by atoms with Crippen LogP contribution in [0.2, 0.25) is 0 Å². The summed E-state index contributed by atoms with van der Waals surface area (Å²) in [6, 6.07) is 0. The molecule has 4 saturated carbocycles. The van der Waals surface area contributed by atoms with E-state index >= 15 is 0 Å². The Balaban J connectivity index is 1.68. The highest BCUT2D eigenvalue weighted by Crippen LogP contribution is 2.75. The van der Waals surface area contributed by atoms with E-state index in [0.717, 1.165) is 11.9 Å². The summed E-state index contributed by atoms with van der Waals surface area (Å²) in [6.07, 6.45) is 6.81. The zero-order valence-corrected chi connectivity index (χ0v) is 22.8. The van der Waals surface area contributed by atoms with Crippen LogP contribution in [0.4, 0.5) is 0 Å². The molecule has 0 aromatic heterocycles. The number of aliphatic hydroxyl groups is 2. The molecule has 0 aromatic carbocycles. The summed E-state index contributed by atoms with van der Waals surface area (Å²) in [6.45, 7) is 12.2. The number of carboxylic acids is 1. The van der Waals surface area contributed by atoms with Crippen LogP contribution in [0.15, 0.2) is 11.6 Å². The second-order valence-corrected chi connectivity index (χ2v) is 14.4. The number of carbonyl (C=O) groups is 3. The van der Waals surface area contributed by atoms with Gasteiger partial charge in [-0.2, -0.15) is 0 Å². The van der Waals surface area contributed by atoms with Crippen LogP contribution in [-0.4, -0.2) is 45.1 Å². The second kappa shape index (κ2) is 7.53. The van der Waals surface area contributed by atoms with Gasteiger partial charge in [0.2, 0.25) is 0 Å². The molecule has 5 rings (SSSR count). The molecular formula is C30H44O6. The van der Waals surface area contributed by atoms with Gasteiger partial charge in [-0.05, 0) is 86.9 Å². The minimum Gasteiger partial charge on any atom is -0.481 e. The van der Waals surface area contributed by atoms with Crippen LogP contribution in [0.5, 0.6) is 0 Å². The number of aliphatic carboxylic acids is 1. The summed E-state index contributed by atoms with van der Waals surface area (Å²) in [7, 11) is 0. The molecule has 0 radical (unpaired) electrons. The Morgan fingerprint density at radius 2 is 1.69 bits per heavy atom. The van der Waals surface area contributed by atoms with Crippen molar-refractivity contribution in [2.24, 2.45) is 50.7 Å². The molecule has 3 N–H and O–H groups in total. The molecule has 5 aliphatic carbocycles. The molecule has 0 saturated heterocycles. The van der Waals surface area contributed by atoms with Crippen LogP contribution in [0.1, 0.15) is 92.9 Å².